The Morgan fingerprint density at radius 1 is 1.18 bits per heavy atom. The summed E-state index contributed by atoms with van der Waals surface area (Å²) in [6.07, 6.45) is 5.47. The molecule has 1 aromatic heterocycles. The van der Waals surface area contributed by atoms with Gasteiger partial charge in [0.15, 0.2) is 0 Å². The summed E-state index contributed by atoms with van der Waals surface area (Å²) in [4.78, 5) is 19.6. The molecule has 2 aromatic carbocycles. The molecule has 1 unspecified atom stereocenters. The molecule has 1 aliphatic heterocycles. The third kappa shape index (κ3) is 4.43. The fraction of sp³-hybridized carbons (Fsp3) is 0.393. The standard InChI is InChI=1S/C28H32N4O2/c1-5-28(13-6-7-14-31(4)27(28)33)24-9-8-10-25(16-24)34-26-15-22(11-12-23(26)17-29)19-32-20(2)18-30-21(32)3/h8-12,15-16,18H,5-7,13-14,19H2,1-4H3. The van der Waals surface area contributed by atoms with Gasteiger partial charge in [-0.05, 0) is 68.5 Å². The Kier molecular flexibility index (Phi) is 6.74. The number of aromatic nitrogens is 2. The van der Waals surface area contributed by atoms with Crippen LogP contribution in [0.5, 0.6) is 11.5 Å². The van der Waals surface area contributed by atoms with Gasteiger partial charge in [0.2, 0.25) is 5.91 Å². The van der Waals surface area contributed by atoms with Crippen molar-refractivity contribution in [3.63, 3.8) is 0 Å². The zero-order valence-electron chi connectivity index (χ0n) is 20.5. The van der Waals surface area contributed by atoms with Gasteiger partial charge >= 0.3 is 0 Å². The Balaban J connectivity index is 1.66. The molecule has 0 radical (unpaired) electrons. The Morgan fingerprint density at radius 3 is 2.71 bits per heavy atom. The van der Waals surface area contributed by atoms with Gasteiger partial charge in [-0.15, -0.1) is 0 Å². The Bertz CT molecular complexity index is 1220. The number of carbonyl (C=O) groups excluding carboxylic acids is 1. The summed E-state index contributed by atoms with van der Waals surface area (Å²) < 4.78 is 8.39. The van der Waals surface area contributed by atoms with E-state index in [1.165, 1.54) is 0 Å². The lowest BCUT2D eigenvalue weighted by atomic mass is 9.73. The van der Waals surface area contributed by atoms with Gasteiger partial charge in [-0.25, -0.2) is 4.98 Å². The first-order valence-electron chi connectivity index (χ1n) is 11.9. The highest BCUT2D eigenvalue weighted by molar-refractivity contribution is 5.88. The molecular weight excluding hydrogens is 424 g/mol. The number of ether oxygens (including phenoxy) is 1. The molecule has 0 aliphatic carbocycles. The minimum atomic E-state index is -0.541. The van der Waals surface area contributed by atoms with E-state index in [2.05, 4.69) is 22.5 Å². The lowest BCUT2D eigenvalue weighted by molar-refractivity contribution is -0.135. The van der Waals surface area contributed by atoms with Crippen molar-refractivity contribution in [2.75, 3.05) is 13.6 Å². The van der Waals surface area contributed by atoms with E-state index in [-0.39, 0.29) is 5.91 Å². The van der Waals surface area contributed by atoms with Gasteiger partial charge in [-0.2, -0.15) is 5.26 Å². The first-order chi connectivity index (χ1) is 16.4. The number of benzene rings is 2. The molecule has 6 heteroatoms. The molecule has 0 spiro atoms. The Hall–Kier alpha value is -3.59. The fourth-order valence-electron chi connectivity index (χ4n) is 4.98. The molecule has 1 amide bonds. The van der Waals surface area contributed by atoms with Gasteiger partial charge in [0, 0.05) is 32.0 Å². The first kappa shape index (κ1) is 23.6. The second-order valence-electron chi connectivity index (χ2n) is 9.22. The average Bonchev–Trinajstić information content (AvgIpc) is 3.07. The highest BCUT2D eigenvalue weighted by Crippen LogP contribution is 2.39. The number of carbonyl (C=O) groups is 1. The second kappa shape index (κ2) is 9.72. The van der Waals surface area contributed by atoms with Crippen LogP contribution in [0.1, 0.15) is 60.8 Å². The summed E-state index contributed by atoms with van der Waals surface area (Å²) in [6, 6.07) is 15.7. The van der Waals surface area contributed by atoms with E-state index in [0.717, 1.165) is 54.9 Å². The van der Waals surface area contributed by atoms with Crippen molar-refractivity contribution in [2.45, 2.75) is 58.4 Å². The molecule has 3 aromatic rings. The lowest BCUT2D eigenvalue weighted by Crippen LogP contribution is -2.43. The summed E-state index contributed by atoms with van der Waals surface area (Å²) in [5, 5.41) is 9.67. The second-order valence-corrected chi connectivity index (χ2v) is 9.22. The zero-order chi connectivity index (χ0) is 24.3. The molecule has 0 bridgehead atoms. The van der Waals surface area contributed by atoms with Crippen LogP contribution >= 0.6 is 0 Å². The largest absolute Gasteiger partial charge is 0.456 e. The summed E-state index contributed by atoms with van der Waals surface area (Å²) >= 11 is 0. The number of hydrogen-bond donors (Lipinski definition) is 0. The van der Waals surface area contributed by atoms with E-state index in [1.54, 1.807) is 6.07 Å². The van der Waals surface area contributed by atoms with E-state index >= 15 is 0 Å². The molecule has 2 heterocycles. The maximum absolute atomic E-state index is 13.4. The third-order valence-corrected chi connectivity index (χ3v) is 7.08. The zero-order valence-corrected chi connectivity index (χ0v) is 20.5. The fourth-order valence-corrected chi connectivity index (χ4v) is 4.98. The quantitative estimate of drug-likeness (QED) is 0.491. The van der Waals surface area contributed by atoms with E-state index in [0.29, 0.717) is 23.6 Å². The monoisotopic (exact) mass is 456 g/mol. The Morgan fingerprint density at radius 2 is 2.00 bits per heavy atom. The van der Waals surface area contributed by atoms with Crippen molar-refractivity contribution in [3.05, 3.63) is 76.9 Å². The molecule has 0 N–H and O–H groups in total. The van der Waals surface area contributed by atoms with Crippen LogP contribution in [0.15, 0.2) is 48.7 Å². The van der Waals surface area contributed by atoms with Crippen molar-refractivity contribution >= 4 is 5.91 Å². The smallest absolute Gasteiger partial charge is 0.232 e. The number of likely N-dealkylation sites (tertiary alicyclic amines) is 1. The molecule has 0 saturated carbocycles. The van der Waals surface area contributed by atoms with Gasteiger partial charge in [0.25, 0.3) is 0 Å². The summed E-state index contributed by atoms with van der Waals surface area (Å²) in [5.74, 6) is 2.27. The number of likely N-dealkylation sites (N-methyl/N-ethyl adjacent to an activating group) is 1. The molecule has 1 saturated heterocycles. The summed E-state index contributed by atoms with van der Waals surface area (Å²) in [6.45, 7) is 7.55. The predicted molar refractivity (Wildman–Crippen MR) is 132 cm³/mol. The van der Waals surface area contributed by atoms with Crippen LogP contribution in [0.25, 0.3) is 0 Å². The lowest BCUT2D eigenvalue weighted by Gasteiger charge is -2.33. The maximum atomic E-state index is 13.4. The van der Waals surface area contributed by atoms with Crippen molar-refractivity contribution in [2.24, 2.45) is 0 Å². The molecule has 34 heavy (non-hydrogen) atoms. The van der Waals surface area contributed by atoms with Gasteiger partial charge in [-0.3, -0.25) is 4.79 Å². The van der Waals surface area contributed by atoms with Crippen LogP contribution in [-0.2, 0) is 16.8 Å². The molecule has 1 aliphatic rings. The van der Waals surface area contributed by atoms with Crippen LogP contribution in [0.3, 0.4) is 0 Å². The summed E-state index contributed by atoms with van der Waals surface area (Å²) in [5.41, 5.74) is 3.02. The highest BCUT2D eigenvalue weighted by Gasteiger charge is 2.41. The van der Waals surface area contributed by atoms with E-state index < -0.39 is 5.41 Å². The van der Waals surface area contributed by atoms with Crippen molar-refractivity contribution in [1.82, 2.24) is 14.5 Å². The van der Waals surface area contributed by atoms with Crippen LogP contribution in [0.2, 0.25) is 0 Å². The van der Waals surface area contributed by atoms with Gasteiger partial charge in [0.05, 0.1) is 11.0 Å². The van der Waals surface area contributed by atoms with E-state index in [9.17, 15) is 10.1 Å². The number of imidazole rings is 1. The van der Waals surface area contributed by atoms with Crippen LogP contribution < -0.4 is 4.74 Å². The van der Waals surface area contributed by atoms with Crippen molar-refractivity contribution < 1.29 is 9.53 Å². The molecule has 6 nitrogen and oxygen atoms in total. The Labute approximate surface area is 201 Å². The highest BCUT2D eigenvalue weighted by atomic mass is 16.5. The van der Waals surface area contributed by atoms with Gasteiger partial charge in [-0.1, -0.05) is 31.5 Å². The predicted octanol–water partition coefficient (Wildman–Crippen LogP) is 5.50. The van der Waals surface area contributed by atoms with E-state index in [4.69, 9.17) is 4.74 Å². The molecule has 176 valence electrons. The van der Waals surface area contributed by atoms with Crippen molar-refractivity contribution in [3.8, 4) is 17.6 Å². The number of nitrogens with zero attached hydrogens (tertiary/aromatic N) is 4. The summed E-state index contributed by atoms with van der Waals surface area (Å²) in [7, 11) is 1.90. The van der Waals surface area contributed by atoms with Crippen LogP contribution in [-0.4, -0.2) is 34.0 Å². The molecule has 1 atom stereocenters. The average molecular weight is 457 g/mol. The number of aryl methyl sites for hydroxylation is 2. The number of rotatable bonds is 6. The van der Waals surface area contributed by atoms with E-state index in [1.807, 2.05) is 68.4 Å². The van der Waals surface area contributed by atoms with Crippen LogP contribution in [0.4, 0.5) is 0 Å². The number of hydrogen-bond acceptors (Lipinski definition) is 4. The number of amides is 1. The van der Waals surface area contributed by atoms with Crippen molar-refractivity contribution in [1.29, 1.82) is 5.26 Å². The van der Waals surface area contributed by atoms with Gasteiger partial charge < -0.3 is 14.2 Å². The minimum absolute atomic E-state index is 0.176. The first-order valence-corrected chi connectivity index (χ1v) is 11.9. The molecule has 4 rings (SSSR count). The third-order valence-electron chi connectivity index (χ3n) is 7.08. The molecular formula is C28H32N4O2. The maximum Gasteiger partial charge on any atom is 0.232 e. The van der Waals surface area contributed by atoms with Gasteiger partial charge in [0.1, 0.15) is 23.4 Å². The minimum Gasteiger partial charge on any atom is -0.456 e. The SMILES string of the molecule is CCC1(c2cccc(Oc3cc(Cn4c(C)cnc4C)ccc3C#N)c2)CCCCN(C)C1=O. The molecule has 1 fully saturated rings. The van der Waals surface area contributed by atoms with Crippen LogP contribution in [0, 0.1) is 25.2 Å². The normalized spacial score (nSPS) is 18.4. The number of nitriles is 1. The topological polar surface area (TPSA) is 71.2 Å².